The van der Waals surface area contributed by atoms with Gasteiger partial charge in [0.15, 0.2) is 0 Å². The van der Waals surface area contributed by atoms with Crippen LogP contribution in [0.25, 0.3) is 0 Å². The van der Waals surface area contributed by atoms with E-state index in [1.54, 1.807) is 0 Å². The first-order chi connectivity index (χ1) is 6.52. The summed E-state index contributed by atoms with van der Waals surface area (Å²) in [6, 6.07) is 8.73. The Balaban J connectivity index is 2.94. The standard InChI is InChI=1S/C11H17BrN2/c1-8(13)11(14(2)3)9-4-6-10(12)7-5-9/h4-8,11H,13H2,1-3H3. The summed E-state index contributed by atoms with van der Waals surface area (Å²) in [5, 5.41) is 0. The first-order valence-electron chi connectivity index (χ1n) is 4.70. The van der Waals surface area contributed by atoms with Gasteiger partial charge in [0, 0.05) is 16.6 Å². The van der Waals surface area contributed by atoms with E-state index in [1.807, 2.05) is 19.1 Å². The van der Waals surface area contributed by atoms with Crippen LogP contribution in [-0.4, -0.2) is 25.0 Å². The van der Waals surface area contributed by atoms with E-state index in [2.05, 4.69) is 47.1 Å². The second-order valence-electron chi connectivity index (χ2n) is 3.82. The lowest BCUT2D eigenvalue weighted by atomic mass is 10.0. The first-order valence-corrected chi connectivity index (χ1v) is 5.49. The molecule has 3 heteroatoms. The maximum atomic E-state index is 5.95. The Morgan fingerprint density at radius 2 is 1.71 bits per heavy atom. The van der Waals surface area contributed by atoms with Crippen LogP contribution in [0.3, 0.4) is 0 Å². The first kappa shape index (κ1) is 11.7. The molecule has 0 aliphatic rings. The third kappa shape index (κ3) is 2.80. The van der Waals surface area contributed by atoms with Crippen molar-refractivity contribution >= 4 is 15.9 Å². The van der Waals surface area contributed by atoms with Crippen LogP contribution in [0.1, 0.15) is 18.5 Å². The van der Waals surface area contributed by atoms with Crippen LogP contribution in [-0.2, 0) is 0 Å². The van der Waals surface area contributed by atoms with Crippen LogP contribution in [0.5, 0.6) is 0 Å². The fourth-order valence-electron chi connectivity index (χ4n) is 1.73. The molecule has 0 fully saturated rings. The molecule has 14 heavy (non-hydrogen) atoms. The van der Waals surface area contributed by atoms with Crippen LogP contribution >= 0.6 is 15.9 Å². The van der Waals surface area contributed by atoms with Gasteiger partial charge in [0.2, 0.25) is 0 Å². The average Bonchev–Trinajstić information content (AvgIpc) is 2.07. The van der Waals surface area contributed by atoms with Crippen molar-refractivity contribution in [2.24, 2.45) is 5.73 Å². The minimum atomic E-state index is 0.131. The maximum Gasteiger partial charge on any atom is 0.0491 e. The summed E-state index contributed by atoms with van der Waals surface area (Å²) in [6.45, 7) is 2.03. The van der Waals surface area contributed by atoms with E-state index in [0.29, 0.717) is 0 Å². The average molecular weight is 257 g/mol. The fourth-order valence-corrected chi connectivity index (χ4v) is 2.00. The number of rotatable bonds is 3. The van der Waals surface area contributed by atoms with Crippen molar-refractivity contribution in [3.63, 3.8) is 0 Å². The van der Waals surface area contributed by atoms with Gasteiger partial charge in [-0.15, -0.1) is 0 Å². The molecule has 78 valence electrons. The normalized spacial score (nSPS) is 15.6. The van der Waals surface area contributed by atoms with Crippen molar-refractivity contribution < 1.29 is 0 Å². The highest BCUT2D eigenvalue weighted by atomic mass is 79.9. The lowest BCUT2D eigenvalue weighted by Crippen LogP contribution is -2.34. The van der Waals surface area contributed by atoms with E-state index in [1.165, 1.54) is 5.56 Å². The summed E-state index contributed by atoms with van der Waals surface area (Å²) >= 11 is 3.42. The van der Waals surface area contributed by atoms with Crippen molar-refractivity contribution in [3.05, 3.63) is 34.3 Å². The van der Waals surface area contributed by atoms with Crippen molar-refractivity contribution in [3.8, 4) is 0 Å². The van der Waals surface area contributed by atoms with Gasteiger partial charge in [-0.1, -0.05) is 28.1 Å². The molecule has 0 saturated heterocycles. The Bertz CT molecular complexity index is 272. The van der Waals surface area contributed by atoms with Gasteiger partial charge in [-0.25, -0.2) is 0 Å². The largest absolute Gasteiger partial charge is 0.326 e. The van der Waals surface area contributed by atoms with Gasteiger partial charge >= 0.3 is 0 Å². The van der Waals surface area contributed by atoms with E-state index in [4.69, 9.17) is 5.73 Å². The van der Waals surface area contributed by atoms with Crippen molar-refractivity contribution in [2.45, 2.75) is 19.0 Å². The molecule has 0 aliphatic heterocycles. The zero-order valence-electron chi connectivity index (χ0n) is 8.87. The summed E-state index contributed by atoms with van der Waals surface area (Å²) in [5.41, 5.74) is 7.21. The van der Waals surface area contributed by atoms with E-state index < -0.39 is 0 Å². The molecule has 2 N–H and O–H groups in total. The fraction of sp³-hybridized carbons (Fsp3) is 0.455. The van der Waals surface area contributed by atoms with Gasteiger partial charge in [-0.05, 0) is 38.7 Å². The van der Waals surface area contributed by atoms with Gasteiger partial charge in [0.1, 0.15) is 0 Å². The minimum Gasteiger partial charge on any atom is -0.326 e. The Morgan fingerprint density at radius 3 is 2.07 bits per heavy atom. The molecule has 0 aromatic heterocycles. The molecule has 1 aromatic rings. The van der Waals surface area contributed by atoms with E-state index in [-0.39, 0.29) is 12.1 Å². The van der Waals surface area contributed by atoms with Gasteiger partial charge < -0.3 is 10.6 Å². The lowest BCUT2D eigenvalue weighted by Gasteiger charge is -2.28. The molecule has 1 aromatic carbocycles. The maximum absolute atomic E-state index is 5.95. The Morgan fingerprint density at radius 1 is 1.21 bits per heavy atom. The summed E-state index contributed by atoms with van der Waals surface area (Å²) in [7, 11) is 4.10. The quantitative estimate of drug-likeness (QED) is 0.900. The Hall–Kier alpha value is -0.380. The number of halogens is 1. The number of nitrogens with zero attached hydrogens (tertiary/aromatic N) is 1. The van der Waals surface area contributed by atoms with E-state index in [0.717, 1.165) is 4.47 Å². The molecule has 2 atom stereocenters. The highest BCUT2D eigenvalue weighted by Gasteiger charge is 2.17. The topological polar surface area (TPSA) is 29.3 Å². The number of likely N-dealkylation sites (N-methyl/N-ethyl adjacent to an activating group) is 1. The Kier molecular flexibility index (Phi) is 4.11. The molecular formula is C11H17BrN2. The zero-order valence-corrected chi connectivity index (χ0v) is 10.5. The summed E-state index contributed by atoms with van der Waals surface area (Å²) in [5.74, 6) is 0. The molecule has 1 rings (SSSR count). The molecule has 0 bridgehead atoms. The monoisotopic (exact) mass is 256 g/mol. The highest BCUT2D eigenvalue weighted by Crippen LogP contribution is 2.22. The van der Waals surface area contributed by atoms with Gasteiger partial charge in [-0.3, -0.25) is 0 Å². The molecule has 0 spiro atoms. The zero-order chi connectivity index (χ0) is 10.7. The molecule has 0 aliphatic carbocycles. The Labute approximate surface area is 94.2 Å². The van der Waals surface area contributed by atoms with E-state index >= 15 is 0 Å². The van der Waals surface area contributed by atoms with Crippen LogP contribution in [0, 0.1) is 0 Å². The van der Waals surface area contributed by atoms with Crippen LogP contribution in [0.4, 0.5) is 0 Å². The second kappa shape index (κ2) is 4.91. The molecule has 0 radical (unpaired) electrons. The predicted octanol–water partition coefficient (Wildman–Crippen LogP) is 2.40. The smallest absolute Gasteiger partial charge is 0.0491 e. The van der Waals surface area contributed by atoms with Crippen molar-refractivity contribution in [1.29, 1.82) is 0 Å². The molecule has 2 nitrogen and oxygen atoms in total. The number of benzene rings is 1. The summed E-state index contributed by atoms with van der Waals surface area (Å²) in [4.78, 5) is 2.15. The minimum absolute atomic E-state index is 0.131. The molecule has 0 saturated carbocycles. The molecule has 2 unspecified atom stereocenters. The van der Waals surface area contributed by atoms with Crippen LogP contribution in [0.15, 0.2) is 28.7 Å². The summed E-state index contributed by atoms with van der Waals surface area (Å²) < 4.78 is 1.10. The molecular weight excluding hydrogens is 240 g/mol. The third-order valence-electron chi connectivity index (χ3n) is 2.27. The van der Waals surface area contributed by atoms with Gasteiger partial charge in [0.05, 0.1) is 0 Å². The second-order valence-corrected chi connectivity index (χ2v) is 4.73. The molecule has 0 amide bonds. The third-order valence-corrected chi connectivity index (χ3v) is 2.79. The lowest BCUT2D eigenvalue weighted by molar-refractivity contribution is 0.266. The highest BCUT2D eigenvalue weighted by molar-refractivity contribution is 9.10. The van der Waals surface area contributed by atoms with Crippen LogP contribution in [0.2, 0.25) is 0 Å². The van der Waals surface area contributed by atoms with E-state index in [9.17, 15) is 0 Å². The van der Waals surface area contributed by atoms with Crippen molar-refractivity contribution in [1.82, 2.24) is 4.90 Å². The molecule has 0 heterocycles. The van der Waals surface area contributed by atoms with Crippen molar-refractivity contribution in [2.75, 3.05) is 14.1 Å². The number of nitrogens with two attached hydrogens (primary N) is 1. The number of hydrogen-bond donors (Lipinski definition) is 1. The number of hydrogen-bond acceptors (Lipinski definition) is 2. The van der Waals surface area contributed by atoms with Gasteiger partial charge in [0.25, 0.3) is 0 Å². The SMILES string of the molecule is CC(N)C(c1ccc(Br)cc1)N(C)C. The van der Waals surface area contributed by atoms with Gasteiger partial charge in [-0.2, -0.15) is 0 Å². The van der Waals surface area contributed by atoms with Crippen LogP contribution < -0.4 is 5.73 Å². The predicted molar refractivity (Wildman–Crippen MR) is 64.2 cm³/mol. The summed E-state index contributed by atoms with van der Waals surface area (Å²) in [6.07, 6.45) is 0.